The van der Waals surface area contributed by atoms with Gasteiger partial charge in [0.2, 0.25) is 0 Å². The lowest BCUT2D eigenvalue weighted by Gasteiger charge is -2.01. The van der Waals surface area contributed by atoms with Crippen molar-refractivity contribution >= 4 is 40.1 Å². The number of nitrogens with zero attached hydrogens (tertiary/aromatic N) is 3. The molecular formula is C18H15ClN4O2S. The Labute approximate surface area is 159 Å². The molecule has 0 radical (unpaired) electrons. The van der Waals surface area contributed by atoms with Gasteiger partial charge in [-0.1, -0.05) is 24.3 Å². The lowest BCUT2D eigenvalue weighted by molar-refractivity contribution is -0.385. The van der Waals surface area contributed by atoms with Gasteiger partial charge in [-0.2, -0.15) is 0 Å². The number of hydrogen-bond acceptors (Lipinski definition) is 5. The molecule has 0 amide bonds. The molecule has 1 aromatic heterocycles. The van der Waals surface area contributed by atoms with Crippen LogP contribution < -0.4 is 5.73 Å². The minimum absolute atomic E-state index is 0.0879. The summed E-state index contributed by atoms with van der Waals surface area (Å²) in [5, 5.41) is 13.8. The highest BCUT2D eigenvalue weighted by Gasteiger charge is 2.14. The van der Waals surface area contributed by atoms with Crippen molar-refractivity contribution in [1.82, 2.24) is 4.98 Å². The van der Waals surface area contributed by atoms with Crippen molar-refractivity contribution in [3.8, 4) is 21.8 Å². The van der Waals surface area contributed by atoms with Crippen LogP contribution in [-0.4, -0.2) is 21.6 Å². The number of aryl methyl sites for hydroxylation is 1. The number of aliphatic imine (C=N–C) groups is 1. The standard InChI is InChI=1S/C18H15ClN4O2S/c1-11-5-6-12(8-16(11)23(24)25)15-10-26-18(22-15)13-3-2-4-14(7-13)21-17(20)9-19/h2-8,10H,9H2,1H3,(H2,20,21). The highest BCUT2D eigenvalue weighted by atomic mass is 35.5. The van der Waals surface area contributed by atoms with E-state index in [1.165, 1.54) is 11.3 Å². The molecule has 2 N–H and O–H groups in total. The zero-order chi connectivity index (χ0) is 18.7. The summed E-state index contributed by atoms with van der Waals surface area (Å²) in [7, 11) is 0. The quantitative estimate of drug-likeness (QED) is 0.221. The van der Waals surface area contributed by atoms with Crippen LogP contribution in [0.4, 0.5) is 11.4 Å². The van der Waals surface area contributed by atoms with Gasteiger partial charge in [0.05, 0.1) is 22.2 Å². The van der Waals surface area contributed by atoms with E-state index in [1.807, 2.05) is 35.7 Å². The van der Waals surface area contributed by atoms with E-state index in [-0.39, 0.29) is 16.5 Å². The Morgan fingerprint density at radius 2 is 2.12 bits per heavy atom. The topological polar surface area (TPSA) is 94.4 Å². The molecule has 0 spiro atoms. The molecule has 1 heterocycles. The molecule has 0 aliphatic heterocycles. The summed E-state index contributed by atoms with van der Waals surface area (Å²) in [6.45, 7) is 1.72. The molecule has 0 unspecified atom stereocenters. The maximum atomic E-state index is 11.1. The van der Waals surface area contributed by atoms with Crippen LogP contribution in [0.5, 0.6) is 0 Å². The third-order valence-electron chi connectivity index (χ3n) is 3.71. The van der Waals surface area contributed by atoms with E-state index in [9.17, 15) is 10.1 Å². The van der Waals surface area contributed by atoms with Gasteiger partial charge in [0.25, 0.3) is 5.69 Å². The molecule has 132 valence electrons. The predicted octanol–water partition coefficient (Wildman–Crippen LogP) is 4.92. The second kappa shape index (κ2) is 7.63. The Hall–Kier alpha value is -2.77. The summed E-state index contributed by atoms with van der Waals surface area (Å²) >= 11 is 7.12. The average Bonchev–Trinajstić information content (AvgIpc) is 3.12. The van der Waals surface area contributed by atoms with E-state index in [0.29, 0.717) is 28.3 Å². The van der Waals surface area contributed by atoms with Crippen LogP contribution in [-0.2, 0) is 0 Å². The van der Waals surface area contributed by atoms with E-state index >= 15 is 0 Å². The molecule has 26 heavy (non-hydrogen) atoms. The summed E-state index contributed by atoms with van der Waals surface area (Å²) in [6.07, 6.45) is 0. The molecule has 0 atom stereocenters. The number of alkyl halides is 1. The zero-order valence-electron chi connectivity index (χ0n) is 13.8. The van der Waals surface area contributed by atoms with Gasteiger partial charge in [0, 0.05) is 28.1 Å². The number of hydrogen-bond donors (Lipinski definition) is 1. The van der Waals surface area contributed by atoms with E-state index in [2.05, 4.69) is 9.98 Å². The van der Waals surface area contributed by atoms with Crippen LogP contribution in [0.1, 0.15) is 5.56 Å². The Morgan fingerprint density at radius 1 is 1.31 bits per heavy atom. The number of aromatic nitrogens is 1. The highest BCUT2D eigenvalue weighted by Crippen LogP contribution is 2.32. The summed E-state index contributed by atoms with van der Waals surface area (Å²) in [5.41, 5.74) is 9.39. The number of benzene rings is 2. The van der Waals surface area contributed by atoms with Crippen molar-refractivity contribution in [2.45, 2.75) is 6.92 Å². The number of nitro groups is 1. The molecule has 0 bridgehead atoms. The molecule has 3 rings (SSSR count). The number of nitrogens with two attached hydrogens (primary N) is 1. The minimum atomic E-state index is -0.380. The van der Waals surface area contributed by atoms with Gasteiger partial charge in [0.15, 0.2) is 0 Å². The second-order valence-corrected chi connectivity index (χ2v) is 6.71. The Bertz CT molecular complexity index is 1000. The van der Waals surface area contributed by atoms with E-state index in [4.69, 9.17) is 17.3 Å². The number of halogens is 1. The van der Waals surface area contributed by atoms with Crippen LogP contribution >= 0.6 is 22.9 Å². The molecule has 0 aliphatic rings. The number of amidine groups is 1. The fourth-order valence-corrected chi connectivity index (χ4v) is 3.29. The largest absolute Gasteiger partial charge is 0.386 e. The van der Waals surface area contributed by atoms with Crippen LogP contribution in [0.15, 0.2) is 52.8 Å². The second-order valence-electron chi connectivity index (χ2n) is 5.58. The van der Waals surface area contributed by atoms with Crippen LogP contribution in [0.25, 0.3) is 21.8 Å². The Balaban J connectivity index is 1.95. The van der Waals surface area contributed by atoms with Gasteiger partial charge in [-0.15, -0.1) is 22.9 Å². The fourth-order valence-electron chi connectivity index (χ4n) is 2.41. The number of rotatable bonds is 5. The van der Waals surface area contributed by atoms with Crippen LogP contribution in [0.3, 0.4) is 0 Å². The van der Waals surface area contributed by atoms with Gasteiger partial charge in [-0.3, -0.25) is 10.1 Å². The summed E-state index contributed by atoms with van der Waals surface area (Å²) < 4.78 is 0. The number of thiazole rings is 1. The molecule has 0 saturated carbocycles. The lowest BCUT2D eigenvalue weighted by atomic mass is 10.1. The first-order chi connectivity index (χ1) is 12.5. The van der Waals surface area contributed by atoms with E-state index < -0.39 is 0 Å². The van der Waals surface area contributed by atoms with Crippen molar-refractivity contribution in [3.63, 3.8) is 0 Å². The Morgan fingerprint density at radius 3 is 2.85 bits per heavy atom. The van der Waals surface area contributed by atoms with Gasteiger partial charge >= 0.3 is 0 Å². The minimum Gasteiger partial charge on any atom is -0.386 e. The smallest absolute Gasteiger partial charge is 0.272 e. The molecule has 0 saturated heterocycles. The molecular weight excluding hydrogens is 372 g/mol. The summed E-state index contributed by atoms with van der Waals surface area (Å²) in [6, 6.07) is 12.6. The van der Waals surface area contributed by atoms with Crippen LogP contribution in [0, 0.1) is 17.0 Å². The average molecular weight is 387 g/mol. The van der Waals surface area contributed by atoms with Gasteiger partial charge in [-0.25, -0.2) is 9.98 Å². The molecule has 8 heteroatoms. The first-order valence-electron chi connectivity index (χ1n) is 7.68. The van der Waals surface area contributed by atoms with E-state index in [1.54, 1.807) is 19.1 Å². The predicted molar refractivity (Wildman–Crippen MR) is 106 cm³/mol. The maximum absolute atomic E-state index is 11.1. The molecule has 3 aromatic rings. The molecule has 6 nitrogen and oxygen atoms in total. The molecule has 0 aliphatic carbocycles. The molecule has 0 fully saturated rings. The van der Waals surface area contributed by atoms with Crippen molar-refractivity contribution in [2.24, 2.45) is 10.7 Å². The van der Waals surface area contributed by atoms with Gasteiger partial charge in [-0.05, 0) is 19.1 Å². The SMILES string of the molecule is Cc1ccc(-c2csc(-c3cccc(N=C(N)CCl)c3)n2)cc1[N+](=O)[O-]. The van der Waals surface area contributed by atoms with Gasteiger partial charge in [0.1, 0.15) is 10.8 Å². The number of nitro benzene ring substituents is 1. The van der Waals surface area contributed by atoms with E-state index in [0.717, 1.165) is 10.6 Å². The van der Waals surface area contributed by atoms with Crippen LogP contribution in [0.2, 0.25) is 0 Å². The highest BCUT2D eigenvalue weighted by molar-refractivity contribution is 7.13. The fraction of sp³-hybridized carbons (Fsp3) is 0.111. The third-order valence-corrected chi connectivity index (χ3v) is 4.87. The first kappa shape index (κ1) is 18.0. The Kier molecular flexibility index (Phi) is 5.29. The van der Waals surface area contributed by atoms with Crippen molar-refractivity contribution in [1.29, 1.82) is 0 Å². The van der Waals surface area contributed by atoms with Crippen molar-refractivity contribution < 1.29 is 4.92 Å². The zero-order valence-corrected chi connectivity index (χ0v) is 15.4. The summed E-state index contributed by atoms with van der Waals surface area (Å²) in [5.74, 6) is 0.508. The normalized spacial score (nSPS) is 11.5. The monoisotopic (exact) mass is 386 g/mol. The first-order valence-corrected chi connectivity index (χ1v) is 9.09. The van der Waals surface area contributed by atoms with Crippen molar-refractivity contribution in [2.75, 3.05) is 5.88 Å². The lowest BCUT2D eigenvalue weighted by Crippen LogP contribution is -2.12. The molecule has 2 aromatic carbocycles. The maximum Gasteiger partial charge on any atom is 0.272 e. The van der Waals surface area contributed by atoms with Gasteiger partial charge < -0.3 is 5.73 Å². The third kappa shape index (κ3) is 3.89. The van der Waals surface area contributed by atoms with Crippen molar-refractivity contribution in [3.05, 3.63) is 63.5 Å². The summed E-state index contributed by atoms with van der Waals surface area (Å²) in [4.78, 5) is 19.6.